The second kappa shape index (κ2) is 4.54. The van der Waals surface area contributed by atoms with Gasteiger partial charge in [0.2, 0.25) is 0 Å². The smallest absolute Gasteiger partial charge is 0.256 e. The van der Waals surface area contributed by atoms with E-state index in [1.807, 2.05) is 13.0 Å². The van der Waals surface area contributed by atoms with Crippen molar-refractivity contribution in [3.63, 3.8) is 0 Å². The minimum Gasteiger partial charge on any atom is -0.321 e. The van der Waals surface area contributed by atoms with Crippen LogP contribution in [0.3, 0.4) is 0 Å². The van der Waals surface area contributed by atoms with Gasteiger partial charge in [0.1, 0.15) is 0 Å². The van der Waals surface area contributed by atoms with Crippen LogP contribution in [0.2, 0.25) is 5.02 Å². The molecule has 0 fully saturated rings. The summed E-state index contributed by atoms with van der Waals surface area (Å²) in [5.41, 5.74) is 3.14. The standard InChI is InChI=1S/C12H10ClNO.CH4/c1-7(2)5-10-9-4-3-8(13)6-11(9)14-12(10)15;/h3-6H,1H2,2H3,(H,14,15);1H4. The van der Waals surface area contributed by atoms with E-state index in [1.54, 1.807) is 18.2 Å². The molecule has 1 amide bonds. The second-order valence-electron chi connectivity index (χ2n) is 3.55. The van der Waals surface area contributed by atoms with Crippen LogP contribution < -0.4 is 5.32 Å². The lowest BCUT2D eigenvalue weighted by Crippen LogP contribution is -2.03. The lowest BCUT2D eigenvalue weighted by Gasteiger charge is -1.98. The minimum absolute atomic E-state index is 0. The van der Waals surface area contributed by atoms with Gasteiger partial charge in [-0.25, -0.2) is 0 Å². The Labute approximate surface area is 101 Å². The highest BCUT2D eigenvalue weighted by Gasteiger charge is 2.23. The Morgan fingerprint density at radius 1 is 1.50 bits per heavy atom. The Morgan fingerprint density at radius 2 is 2.19 bits per heavy atom. The minimum atomic E-state index is -0.102. The van der Waals surface area contributed by atoms with Crippen LogP contribution in [-0.2, 0) is 4.79 Å². The molecule has 2 rings (SSSR count). The van der Waals surface area contributed by atoms with E-state index >= 15 is 0 Å². The van der Waals surface area contributed by atoms with Gasteiger partial charge in [-0.2, -0.15) is 0 Å². The zero-order chi connectivity index (χ0) is 11.0. The quantitative estimate of drug-likeness (QED) is 0.736. The van der Waals surface area contributed by atoms with Crippen molar-refractivity contribution in [2.45, 2.75) is 14.4 Å². The zero-order valence-electron chi connectivity index (χ0n) is 8.30. The molecule has 1 N–H and O–H groups in total. The summed E-state index contributed by atoms with van der Waals surface area (Å²) < 4.78 is 0. The molecule has 1 heterocycles. The molecule has 84 valence electrons. The number of halogens is 1. The van der Waals surface area contributed by atoms with Crippen molar-refractivity contribution in [3.05, 3.63) is 47.0 Å². The van der Waals surface area contributed by atoms with Crippen LogP contribution in [0.1, 0.15) is 19.9 Å². The first kappa shape index (κ1) is 12.5. The molecular weight excluding hydrogens is 222 g/mol. The second-order valence-corrected chi connectivity index (χ2v) is 3.98. The molecule has 3 heteroatoms. The summed E-state index contributed by atoms with van der Waals surface area (Å²) in [4.78, 5) is 11.6. The molecule has 0 aromatic heterocycles. The van der Waals surface area contributed by atoms with E-state index in [9.17, 15) is 4.79 Å². The first-order chi connectivity index (χ1) is 7.08. The highest BCUT2D eigenvalue weighted by Crippen LogP contribution is 2.34. The summed E-state index contributed by atoms with van der Waals surface area (Å²) in [6.45, 7) is 5.62. The molecule has 2 nitrogen and oxygen atoms in total. The van der Waals surface area contributed by atoms with Crippen molar-refractivity contribution in [1.82, 2.24) is 0 Å². The van der Waals surface area contributed by atoms with Gasteiger partial charge in [0, 0.05) is 16.2 Å². The Morgan fingerprint density at radius 3 is 2.81 bits per heavy atom. The number of carbonyl (C=O) groups is 1. The number of hydrogen-bond donors (Lipinski definition) is 1. The number of hydrogen-bond acceptors (Lipinski definition) is 1. The third kappa shape index (κ3) is 2.17. The largest absolute Gasteiger partial charge is 0.321 e. The maximum absolute atomic E-state index is 11.6. The van der Waals surface area contributed by atoms with Crippen molar-refractivity contribution in [3.8, 4) is 0 Å². The zero-order valence-corrected chi connectivity index (χ0v) is 9.06. The first-order valence-corrected chi connectivity index (χ1v) is 4.94. The fraction of sp³-hybridized carbons (Fsp3) is 0.154. The molecule has 0 spiro atoms. The van der Waals surface area contributed by atoms with E-state index < -0.39 is 0 Å². The molecule has 0 radical (unpaired) electrons. The SMILES string of the molecule is C.C=C(C)C=C1C(=O)Nc2cc(Cl)ccc21. The number of nitrogens with one attached hydrogen (secondary N) is 1. The summed E-state index contributed by atoms with van der Waals surface area (Å²) in [5.74, 6) is -0.102. The van der Waals surface area contributed by atoms with E-state index in [4.69, 9.17) is 11.6 Å². The number of amides is 1. The van der Waals surface area contributed by atoms with E-state index in [-0.39, 0.29) is 13.3 Å². The Balaban J connectivity index is 0.00000128. The van der Waals surface area contributed by atoms with E-state index in [1.165, 1.54) is 0 Å². The molecule has 0 aliphatic carbocycles. The third-order valence-corrected chi connectivity index (χ3v) is 2.39. The summed E-state index contributed by atoms with van der Waals surface area (Å²) in [5, 5.41) is 3.38. The number of anilines is 1. The fourth-order valence-corrected chi connectivity index (χ4v) is 1.73. The summed E-state index contributed by atoms with van der Waals surface area (Å²) in [6.07, 6.45) is 1.77. The third-order valence-electron chi connectivity index (χ3n) is 2.16. The van der Waals surface area contributed by atoms with Crippen LogP contribution in [0.15, 0.2) is 36.4 Å². The van der Waals surface area contributed by atoms with Crippen LogP contribution in [0.5, 0.6) is 0 Å². The Bertz CT molecular complexity index is 489. The van der Waals surface area contributed by atoms with Crippen LogP contribution in [0, 0.1) is 0 Å². The molecule has 0 atom stereocenters. The average molecular weight is 236 g/mol. The molecule has 1 aliphatic heterocycles. The van der Waals surface area contributed by atoms with Gasteiger partial charge >= 0.3 is 0 Å². The van der Waals surface area contributed by atoms with E-state index in [0.29, 0.717) is 10.6 Å². The van der Waals surface area contributed by atoms with Gasteiger partial charge < -0.3 is 5.32 Å². The number of benzene rings is 1. The summed E-state index contributed by atoms with van der Waals surface area (Å²) >= 11 is 5.84. The average Bonchev–Trinajstić information content (AvgIpc) is 2.41. The maximum atomic E-state index is 11.6. The molecule has 0 bridgehead atoms. The van der Waals surface area contributed by atoms with Gasteiger partial charge in [0.15, 0.2) is 0 Å². The van der Waals surface area contributed by atoms with E-state index in [2.05, 4.69) is 11.9 Å². The molecule has 1 aromatic carbocycles. The maximum Gasteiger partial charge on any atom is 0.256 e. The molecular formula is C13H14ClNO. The number of allylic oxidation sites excluding steroid dienone is 2. The highest BCUT2D eigenvalue weighted by atomic mass is 35.5. The molecule has 1 aliphatic rings. The summed E-state index contributed by atoms with van der Waals surface area (Å²) in [7, 11) is 0. The van der Waals surface area contributed by atoms with Gasteiger partial charge in [-0.1, -0.05) is 37.2 Å². The van der Waals surface area contributed by atoms with Gasteiger partial charge in [0.25, 0.3) is 5.91 Å². The fourth-order valence-electron chi connectivity index (χ4n) is 1.56. The van der Waals surface area contributed by atoms with Crippen LogP contribution in [0.4, 0.5) is 5.69 Å². The van der Waals surface area contributed by atoms with Crippen LogP contribution in [0.25, 0.3) is 5.57 Å². The molecule has 0 unspecified atom stereocenters. The van der Waals surface area contributed by atoms with Gasteiger partial charge in [-0.3, -0.25) is 4.79 Å². The lowest BCUT2D eigenvalue weighted by atomic mass is 10.1. The van der Waals surface area contributed by atoms with Gasteiger partial charge in [-0.05, 0) is 25.1 Å². The van der Waals surface area contributed by atoms with Crippen molar-refractivity contribution in [2.24, 2.45) is 0 Å². The van der Waals surface area contributed by atoms with E-state index in [0.717, 1.165) is 16.8 Å². The normalized spacial score (nSPS) is 15.4. The number of rotatable bonds is 1. The summed E-state index contributed by atoms with van der Waals surface area (Å²) in [6, 6.07) is 5.35. The number of carbonyl (C=O) groups excluding carboxylic acids is 1. The van der Waals surface area contributed by atoms with Crippen molar-refractivity contribution >= 4 is 28.8 Å². The topological polar surface area (TPSA) is 29.1 Å². The monoisotopic (exact) mass is 235 g/mol. The highest BCUT2D eigenvalue weighted by molar-refractivity contribution is 6.34. The molecule has 0 saturated carbocycles. The molecule has 16 heavy (non-hydrogen) atoms. The molecule has 0 saturated heterocycles. The van der Waals surface area contributed by atoms with Crippen molar-refractivity contribution < 1.29 is 4.79 Å². The van der Waals surface area contributed by atoms with Gasteiger partial charge in [0.05, 0.1) is 5.69 Å². The molecule has 1 aromatic rings. The van der Waals surface area contributed by atoms with Crippen molar-refractivity contribution in [2.75, 3.05) is 5.32 Å². The van der Waals surface area contributed by atoms with Crippen LogP contribution >= 0.6 is 11.6 Å². The van der Waals surface area contributed by atoms with Crippen LogP contribution in [-0.4, -0.2) is 5.91 Å². The number of fused-ring (bicyclic) bond motifs is 1. The Kier molecular flexibility index (Phi) is 3.55. The first-order valence-electron chi connectivity index (χ1n) is 4.56. The predicted octanol–water partition coefficient (Wildman–Crippen LogP) is 3.89. The van der Waals surface area contributed by atoms with Crippen molar-refractivity contribution in [1.29, 1.82) is 0 Å². The van der Waals surface area contributed by atoms with Gasteiger partial charge in [-0.15, -0.1) is 0 Å². The lowest BCUT2D eigenvalue weighted by molar-refractivity contribution is -0.110. The Hall–Kier alpha value is -1.54. The predicted molar refractivity (Wildman–Crippen MR) is 69.6 cm³/mol.